The topological polar surface area (TPSA) is 89.5 Å². The molecule has 6 nitrogen and oxygen atoms in total. The Morgan fingerprint density at radius 2 is 1.79 bits per heavy atom. The molecule has 0 N–H and O–H groups in total. The van der Waals surface area contributed by atoms with E-state index >= 15 is 0 Å². The number of furan rings is 1. The largest absolute Gasteiger partial charge is 0.463 e. The van der Waals surface area contributed by atoms with Gasteiger partial charge in [-0.2, -0.15) is 5.26 Å². The molecule has 0 saturated heterocycles. The minimum absolute atomic E-state index is 0.0527. The van der Waals surface area contributed by atoms with Crippen LogP contribution in [0, 0.1) is 11.3 Å². The van der Waals surface area contributed by atoms with E-state index in [4.69, 9.17) is 14.4 Å². The molecule has 0 spiro atoms. The summed E-state index contributed by atoms with van der Waals surface area (Å²) in [5.74, 6) is -0.0223. The third-order valence-corrected chi connectivity index (χ3v) is 5.12. The summed E-state index contributed by atoms with van der Waals surface area (Å²) in [6.45, 7) is -0.0928. The van der Waals surface area contributed by atoms with E-state index in [2.05, 4.69) is 10.8 Å². The number of hydrogen-bond acceptors (Lipinski definition) is 7. The lowest BCUT2D eigenvalue weighted by Crippen LogP contribution is -2.06. The van der Waals surface area contributed by atoms with Crippen LogP contribution >= 0.6 is 11.8 Å². The molecule has 0 bridgehead atoms. The Labute approximate surface area is 172 Å². The van der Waals surface area contributed by atoms with E-state index < -0.39 is 11.9 Å². The summed E-state index contributed by atoms with van der Waals surface area (Å²) in [4.78, 5) is 24.7. The fraction of sp³-hybridized carbons (Fsp3) is 0.136. The number of carbonyl (C=O) groups is 2. The van der Waals surface area contributed by atoms with Crippen LogP contribution in [0.15, 0.2) is 70.0 Å². The monoisotopic (exact) mass is 407 g/mol. The van der Waals surface area contributed by atoms with Crippen molar-refractivity contribution in [2.24, 2.45) is 0 Å². The van der Waals surface area contributed by atoms with Gasteiger partial charge >= 0.3 is 11.9 Å². The number of thioether (sulfide) groups is 1. The first-order chi connectivity index (χ1) is 14.1. The Morgan fingerprint density at radius 1 is 1.03 bits per heavy atom. The summed E-state index contributed by atoms with van der Waals surface area (Å²) < 4.78 is 15.2. The zero-order valence-corrected chi connectivity index (χ0v) is 16.4. The van der Waals surface area contributed by atoms with Crippen molar-refractivity contribution in [3.63, 3.8) is 0 Å². The number of nitrogens with zero attached hydrogens (tertiary/aromatic N) is 1. The second-order valence-electron chi connectivity index (χ2n) is 5.93. The van der Waals surface area contributed by atoms with Crippen LogP contribution in [-0.4, -0.2) is 19.0 Å². The van der Waals surface area contributed by atoms with Crippen LogP contribution in [0.2, 0.25) is 0 Å². The summed E-state index contributed by atoms with van der Waals surface area (Å²) in [6, 6.07) is 19.6. The number of hydrogen-bond donors (Lipinski definition) is 0. The van der Waals surface area contributed by atoms with Gasteiger partial charge in [0.25, 0.3) is 0 Å². The average molecular weight is 407 g/mol. The molecule has 0 radical (unpaired) electrons. The first kappa shape index (κ1) is 20.2. The maximum absolute atomic E-state index is 12.5. The highest BCUT2D eigenvalue weighted by atomic mass is 32.2. The van der Waals surface area contributed by atoms with E-state index in [1.165, 1.54) is 24.9 Å². The molecule has 0 aliphatic carbocycles. The molecule has 7 heteroatoms. The minimum atomic E-state index is -0.591. The highest BCUT2D eigenvalue weighted by molar-refractivity contribution is 7.98. The Hall–Kier alpha value is -3.50. The van der Waals surface area contributed by atoms with E-state index in [9.17, 15) is 9.59 Å². The molecular weight excluding hydrogens is 390 g/mol. The molecule has 29 heavy (non-hydrogen) atoms. The number of methoxy groups -OCH3 is 1. The van der Waals surface area contributed by atoms with Crippen LogP contribution in [-0.2, 0) is 21.8 Å². The van der Waals surface area contributed by atoms with E-state index in [0.29, 0.717) is 22.6 Å². The molecule has 0 atom stereocenters. The molecule has 1 aromatic heterocycles. The van der Waals surface area contributed by atoms with Crippen LogP contribution in [0.5, 0.6) is 0 Å². The molecule has 3 rings (SSSR count). The average Bonchev–Trinajstić information content (AvgIpc) is 3.25. The summed E-state index contributed by atoms with van der Waals surface area (Å²) >= 11 is 1.51. The number of nitriles is 1. The summed E-state index contributed by atoms with van der Waals surface area (Å²) in [5, 5.41) is 8.87. The highest BCUT2D eigenvalue weighted by Crippen LogP contribution is 2.27. The Kier molecular flexibility index (Phi) is 6.72. The van der Waals surface area contributed by atoms with Crippen LogP contribution < -0.4 is 0 Å². The molecule has 0 aliphatic rings. The maximum Gasteiger partial charge on any atom is 0.373 e. The van der Waals surface area contributed by atoms with Crippen molar-refractivity contribution in [3.05, 3.63) is 88.9 Å². The van der Waals surface area contributed by atoms with Crippen molar-refractivity contribution in [2.75, 3.05) is 7.11 Å². The van der Waals surface area contributed by atoms with Crippen molar-refractivity contribution in [1.82, 2.24) is 0 Å². The van der Waals surface area contributed by atoms with Gasteiger partial charge in [0.15, 0.2) is 0 Å². The third kappa shape index (κ3) is 5.27. The van der Waals surface area contributed by atoms with Gasteiger partial charge in [-0.05, 0) is 42.0 Å². The zero-order chi connectivity index (χ0) is 20.6. The summed E-state index contributed by atoms with van der Waals surface area (Å²) in [5.41, 5.74) is 2.10. The Morgan fingerprint density at radius 3 is 2.52 bits per heavy atom. The lowest BCUT2D eigenvalue weighted by molar-refractivity contribution is 0.0434. The van der Waals surface area contributed by atoms with Gasteiger partial charge in [0.1, 0.15) is 12.4 Å². The number of esters is 2. The zero-order valence-electron chi connectivity index (χ0n) is 15.6. The van der Waals surface area contributed by atoms with Gasteiger partial charge in [0, 0.05) is 10.6 Å². The van der Waals surface area contributed by atoms with Crippen LogP contribution in [0.3, 0.4) is 0 Å². The van der Waals surface area contributed by atoms with Crippen molar-refractivity contribution in [2.45, 2.75) is 17.3 Å². The summed E-state index contributed by atoms with van der Waals surface area (Å²) in [7, 11) is 1.26. The normalized spacial score (nSPS) is 10.2. The lowest BCUT2D eigenvalue weighted by atomic mass is 10.2. The maximum atomic E-state index is 12.5. The van der Waals surface area contributed by atoms with Gasteiger partial charge in [-0.15, -0.1) is 11.8 Å². The lowest BCUT2D eigenvalue weighted by Gasteiger charge is -2.09. The molecule has 0 saturated carbocycles. The molecule has 0 unspecified atom stereocenters. The van der Waals surface area contributed by atoms with E-state index in [0.717, 1.165) is 10.5 Å². The molecule has 146 valence electrons. The first-order valence-corrected chi connectivity index (χ1v) is 9.64. The van der Waals surface area contributed by atoms with E-state index in [1.54, 1.807) is 30.3 Å². The number of ether oxygens (including phenoxy) is 2. The molecule has 0 amide bonds. The molecule has 0 fully saturated rings. The highest BCUT2D eigenvalue weighted by Gasteiger charge is 2.16. The fourth-order valence-corrected chi connectivity index (χ4v) is 3.47. The number of rotatable bonds is 7. The van der Waals surface area contributed by atoms with Gasteiger partial charge in [-0.3, -0.25) is 0 Å². The molecule has 0 aliphatic heterocycles. The third-order valence-electron chi connectivity index (χ3n) is 3.98. The van der Waals surface area contributed by atoms with Crippen molar-refractivity contribution in [1.29, 1.82) is 5.26 Å². The van der Waals surface area contributed by atoms with E-state index in [1.807, 2.05) is 24.3 Å². The number of carbonyl (C=O) groups excluding carboxylic acids is 2. The molecule has 3 aromatic rings. The molecule has 1 heterocycles. The quantitative estimate of drug-likeness (QED) is 0.418. The number of benzene rings is 2. The summed E-state index contributed by atoms with van der Waals surface area (Å²) in [6.07, 6.45) is 0. The predicted octanol–water partition coefficient (Wildman–Crippen LogP) is 4.59. The van der Waals surface area contributed by atoms with Gasteiger partial charge in [0.05, 0.1) is 24.3 Å². The SMILES string of the molecule is COC(=O)c1ccc(COC(=O)c2ccccc2SCc2ccc(C#N)cc2)o1. The van der Waals surface area contributed by atoms with Crippen molar-refractivity contribution < 1.29 is 23.5 Å². The van der Waals surface area contributed by atoms with Crippen molar-refractivity contribution in [3.8, 4) is 6.07 Å². The smallest absolute Gasteiger partial charge is 0.373 e. The molecule has 2 aromatic carbocycles. The van der Waals surface area contributed by atoms with Gasteiger partial charge in [-0.1, -0.05) is 24.3 Å². The Balaban J connectivity index is 1.62. The minimum Gasteiger partial charge on any atom is -0.463 e. The second-order valence-corrected chi connectivity index (χ2v) is 6.94. The Bertz CT molecular complexity index is 1050. The van der Waals surface area contributed by atoms with Crippen LogP contribution in [0.25, 0.3) is 0 Å². The molecular formula is C22H17NO5S. The van der Waals surface area contributed by atoms with Crippen LogP contribution in [0.1, 0.15) is 37.8 Å². The first-order valence-electron chi connectivity index (χ1n) is 8.65. The van der Waals surface area contributed by atoms with Crippen LogP contribution in [0.4, 0.5) is 0 Å². The van der Waals surface area contributed by atoms with Gasteiger partial charge in [0.2, 0.25) is 5.76 Å². The van der Waals surface area contributed by atoms with E-state index in [-0.39, 0.29) is 12.4 Å². The van der Waals surface area contributed by atoms with Crippen molar-refractivity contribution >= 4 is 23.7 Å². The fourth-order valence-electron chi connectivity index (χ4n) is 2.48. The van der Waals surface area contributed by atoms with Gasteiger partial charge in [-0.25, -0.2) is 9.59 Å². The predicted molar refractivity (Wildman–Crippen MR) is 106 cm³/mol. The van der Waals surface area contributed by atoms with Gasteiger partial charge < -0.3 is 13.9 Å². The second kappa shape index (κ2) is 9.62. The standard InChI is InChI=1S/C22H17NO5S/c1-26-22(25)19-11-10-17(28-19)13-27-21(24)18-4-2-3-5-20(18)29-14-16-8-6-15(12-23)7-9-16/h2-11H,13-14H2,1H3.